The van der Waals surface area contributed by atoms with E-state index in [2.05, 4.69) is 31.2 Å². The van der Waals surface area contributed by atoms with Crippen LogP contribution in [-0.2, 0) is 6.42 Å². The third-order valence-corrected chi connectivity index (χ3v) is 2.96. The quantitative estimate of drug-likeness (QED) is 0.462. The summed E-state index contributed by atoms with van der Waals surface area (Å²) in [5, 5.41) is 10.5. The average molecular weight is 253 g/mol. The highest BCUT2D eigenvalue weighted by atomic mass is 16.6. The summed E-state index contributed by atoms with van der Waals surface area (Å²) in [6, 6.07) is 14.9. The van der Waals surface area contributed by atoms with Gasteiger partial charge in [0.25, 0.3) is 5.69 Å². The third kappa shape index (κ3) is 3.52. The smallest absolute Gasteiger partial charge is 0.258 e. The Morgan fingerprint density at radius 2 is 1.42 bits per heavy atom. The standard InChI is InChI=1S/C16H15NO2/c1-2-13-3-5-14(6-4-13)7-8-15-9-11-16(12-10-15)17(18)19/h3-12H,2H2,1H3/b8-7+. The van der Waals surface area contributed by atoms with E-state index < -0.39 is 4.92 Å². The normalized spacial score (nSPS) is 10.8. The van der Waals surface area contributed by atoms with Crippen LogP contribution >= 0.6 is 0 Å². The zero-order valence-corrected chi connectivity index (χ0v) is 10.7. The van der Waals surface area contributed by atoms with Crippen molar-refractivity contribution in [3.63, 3.8) is 0 Å². The van der Waals surface area contributed by atoms with Gasteiger partial charge in [-0.2, -0.15) is 0 Å². The molecule has 3 nitrogen and oxygen atoms in total. The van der Waals surface area contributed by atoms with Crippen LogP contribution in [0.25, 0.3) is 12.2 Å². The summed E-state index contributed by atoms with van der Waals surface area (Å²) in [5.41, 5.74) is 3.50. The number of aryl methyl sites for hydroxylation is 1. The SMILES string of the molecule is CCc1ccc(/C=C/c2ccc([N+](=O)[O-])cc2)cc1. The molecule has 0 aliphatic rings. The van der Waals surface area contributed by atoms with E-state index in [0.717, 1.165) is 17.5 Å². The zero-order chi connectivity index (χ0) is 13.7. The predicted octanol–water partition coefficient (Wildman–Crippen LogP) is 4.33. The van der Waals surface area contributed by atoms with E-state index >= 15 is 0 Å². The Labute approximate surface area is 112 Å². The zero-order valence-electron chi connectivity index (χ0n) is 10.7. The monoisotopic (exact) mass is 253 g/mol. The maximum atomic E-state index is 10.5. The van der Waals surface area contributed by atoms with Crippen LogP contribution in [0.1, 0.15) is 23.6 Å². The van der Waals surface area contributed by atoms with Crippen LogP contribution in [0.15, 0.2) is 48.5 Å². The number of nitrogens with zero attached hydrogens (tertiary/aromatic N) is 1. The summed E-state index contributed by atoms with van der Waals surface area (Å²) in [4.78, 5) is 10.1. The summed E-state index contributed by atoms with van der Waals surface area (Å²) in [7, 11) is 0. The lowest BCUT2D eigenvalue weighted by Gasteiger charge is -1.98. The van der Waals surface area contributed by atoms with Crippen LogP contribution in [0.5, 0.6) is 0 Å². The van der Waals surface area contributed by atoms with Gasteiger partial charge in [0, 0.05) is 12.1 Å². The molecule has 0 bridgehead atoms. The molecule has 2 rings (SSSR count). The molecule has 0 N–H and O–H groups in total. The number of hydrogen-bond donors (Lipinski definition) is 0. The van der Waals surface area contributed by atoms with Crippen molar-refractivity contribution in [1.29, 1.82) is 0 Å². The molecule has 0 aromatic heterocycles. The number of rotatable bonds is 4. The Morgan fingerprint density at radius 1 is 0.947 bits per heavy atom. The molecule has 0 saturated heterocycles. The van der Waals surface area contributed by atoms with Crippen molar-refractivity contribution in [2.24, 2.45) is 0 Å². The van der Waals surface area contributed by atoms with Crippen molar-refractivity contribution < 1.29 is 4.92 Å². The maximum Gasteiger partial charge on any atom is 0.269 e. The second-order valence-electron chi connectivity index (χ2n) is 4.28. The van der Waals surface area contributed by atoms with Gasteiger partial charge in [-0.25, -0.2) is 0 Å². The van der Waals surface area contributed by atoms with Crippen molar-refractivity contribution in [3.05, 3.63) is 75.3 Å². The van der Waals surface area contributed by atoms with Crippen LogP contribution in [0.2, 0.25) is 0 Å². The molecule has 3 heteroatoms. The van der Waals surface area contributed by atoms with Gasteiger partial charge in [0.05, 0.1) is 4.92 Å². The molecule has 2 aromatic carbocycles. The van der Waals surface area contributed by atoms with Gasteiger partial charge < -0.3 is 0 Å². The highest BCUT2D eigenvalue weighted by molar-refractivity contribution is 5.70. The summed E-state index contributed by atoms with van der Waals surface area (Å²) in [6.45, 7) is 2.13. The molecule has 0 radical (unpaired) electrons. The second kappa shape index (κ2) is 5.96. The Kier molecular flexibility index (Phi) is 4.08. The van der Waals surface area contributed by atoms with E-state index in [1.54, 1.807) is 12.1 Å². The van der Waals surface area contributed by atoms with E-state index in [-0.39, 0.29) is 5.69 Å². The summed E-state index contributed by atoms with van der Waals surface area (Å²) in [6.07, 6.45) is 4.98. The highest BCUT2D eigenvalue weighted by Crippen LogP contribution is 2.14. The fourth-order valence-electron chi connectivity index (χ4n) is 1.76. The van der Waals surface area contributed by atoms with Gasteiger partial charge in [0.1, 0.15) is 0 Å². The van der Waals surface area contributed by atoms with Crippen LogP contribution in [0.4, 0.5) is 5.69 Å². The molecule has 2 aromatic rings. The number of nitro benzene ring substituents is 1. The fraction of sp³-hybridized carbons (Fsp3) is 0.125. The predicted molar refractivity (Wildman–Crippen MR) is 77.8 cm³/mol. The first-order chi connectivity index (χ1) is 9.19. The minimum Gasteiger partial charge on any atom is -0.258 e. The van der Waals surface area contributed by atoms with Crippen LogP contribution < -0.4 is 0 Å². The van der Waals surface area contributed by atoms with Gasteiger partial charge in [-0.05, 0) is 35.2 Å². The van der Waals surface area contributed by atoms with Gasteiger partial charge >= 0.3 is 0 Å². The fourth-order valence-corrected chi connectivity index (χ4v) is 1.76. The van der Waals surface area contributed by atoms with Gasteiger partial charge in [-0.3, -0.25) is 10.1 Å². The van der Waals surface area contributed by atoms with Crippen molar-refractivity contribution >= 4 is 17.8 Å². The van der Waals surface area contributed by atoms with E-state index in [1.807, 2.05) is 12.2 Å². The van der Waals surface area contributed by atoms with Crippen molar-refractivity contribution in [1.82, 2.24) is 0 Å². The molecule has 96 valence electrons. The van der Waals surface area contributed by atoms with Gasteiger partial charge in [0.2, 0.25) is 0 Å². The highest BCUT2D eigenvalue weighted by Gasteiger charge is 2.01. The molecule has 0 heterocycles. The lowest BCUT2D eigenvalue weighted by molar-refractivity contribution is -0.384. The molecule has 0 spiro atoms. The molecule has 0 fully saturated rings. The minimum atomic E-state index is -0.392. The third-order valence-electron chi connectivity index (χ3n) is 2.96. The maximum absolute atomic E-state index is 10.5. The van der Waals surface area contributed by atoms with E-state index in [4.69, 9.17) is 0 Å². The Bertz CT molecular complexity index is 583. The first-order valence-corrected chi connectivity index (χ1v) is 6.20. The van der Waals surface area contributed by atoms with E-state index in [0.29, 0.717) is 0 Å². The lowest BCUT2D eigenvalue weighted by atomic mass is 10.1. The first kappa shape index (κ1) is 13.0. The second-order valence-corrected chi connectivity index (χ2v) is 4.28. The largest absolute Gasteiger partial charge is 0.269 e. The Hall–Kier alpha value is -2.42. The molecule has 19 heavy (non-hydrogen) atoms. The van der Waals surface area contributed by atoms with Gasteiger partial charge in [-0.1, -0.05) is 43.3 Å². The van der Waals surface area contributed by atoms with E-state index in [1.165, 1.54) is 17.7 Å². The summed E-state index contributed by atoms with van der Waals surface area (Å²) >= 11 is 0. The van der Waals surface area contributed by atoms with Crippen molar-refractivity contribution in [2.45, 2.75) is 13.3 Å². The van der Waals surface area contributed by atoms with Crippen LogP contribution in [0.3, 0.4) is 0 Å². The molecule has 0 amide bonds. The van der Waals surface area contributed by atoms with Crippen LogP contribution in [0, 0.1) is 10.1 Å². The van der Waals surface area contributed by atoms with Crippen LogP contribution in [-0.4, -0.2) is 4.92 Å². The van der Waals surface area contributed by atoms with Crippen molar-refractivity contribution in [2.75, 3.05) is 0 Å². The molecule has 0 aliphatic heterocycles. The molecular formula is C16H15NO2. The van der Waals surface area contributed by atoms with Gasteiger partial charge in [0.15, 0.2) is 0 Å². The molecule has 0 unspecified atom stereocenters. The topological polar surface area (TPSA) is 43.1 Å². The minimum absolute atomic E-state index is 0.115. The first-order valence-electron chi connectivity index (χ1n) is 6.20. The van der Waals surface area contributed by atoms with E-state index in [9.17, 15) is 10.1 Å². The summed E-state index contributed by atoms with van der Waals surface area (Å²) in [5.74, 6) is 0. The summed E-state index contributed by atoms with van der Waals surface area (Å²) < 4.78 is 0. The average Bonchev–Trinajstić information content (AvgIpc) is 2.46. The van der Waals surface area contributed by atoms with Crippen molar-refractivity contribution in [3.8, 4) is 0 Å². The molecule has 0 aliphatic carbocycles. The number of hydrogen-bond acceptors (Lipinski definition) is 2. The Balaban J connectivity index is 2.10. The number of nitro groups is 1. The molecule has 0 saturated carbocycles. The number of non-ortho nitro benzene ring substituents is 1. The molecular weight excluding hydrogens is 238 g/mol. The lowest BCUT2D eigenvalue weighted by Crippen LogP contribution is -1.86. The van der Waals surface area contributed by atoms with Gasteiger partial charge in [-0.15, -0.1) is 0 Å². The Morgan fingerprint density at radius 3 is 1.84 bits per heavy atom. The number of benzene rings is 2. The molecule has 0 atom stereocenters.